The number of benzene rings is 1. The van der Waals surface area contributed by atoms with Gasteiger partial charge in [0.2, 0.25) is 10.0 Å². The quantitative estimate of drug-likeness (QED) is 0.799. The van der Waals surface area contributed by atoms with Crippen LogP contribution in [0.5, 0.6) is 5.75 Å². The summed E-state index contributed by atoms with van der Waals surface area (Å²) in [7, 11) is -2.45. The Kier molecular flexibility index (Phi) is 4.53. The zero-order valence-corrected chi connectivity index (χ0v) is 12.8. The fraction of sp³-hybridized carbons (Fsp3) is 0.500. The van der Waals surface area contributed by atoms with Crippen LogP contribution in [0.4, 0.5) is 0 Å². The second kappa shape index (κ2) is 6.03. The molecule has 1 aliphatic rings. The van der Waals surface area contributed by atoms with E-state index in [1.807, 2.05) is 6.92 Å². The molecular formula is C14H19NO5S. The van der Waals surface area contributed by atoms with Crippen LogP contribution in [-0.2, 0) is 10.0 Å². The molecule has 7 heteroatoms. The predicted octanol–water partition coefficient (Wildman–Crippen LogP) is 1.72. The molecule has 0 radical (unpaired) electrons. The number of carboxylic acid groups (broad SMARTS) is 1. The van der Waals surface area contributed by atoms with Crippen LogP contribution >= 0.6 is 0 Å². The topological polar surface area (TPSA) is 92.7 Å². The summed E-state index contributed by atoms with van der Waals surface area (Å²) >= 11 is 0. The maximum Gasteiger partial charge on any atom is 0.335 e. The molecule has 2 N–H and O–H groups in total. The summed E-state index contributed by atoms with van der Waals surface area (Å²) in [5.74, 6) is -0.194. The van der Waals surface area contributed by atoms with Gasteiger partial charge in [0.25, 0.3) is 0 Å². The van der Waals surface area contributed by atoms with E-state index in [4.69, 9.17) is 9.84 Å². The molecule has 1 atom stereocenters. The van der Waals surface area contributed by atoms with Gasteiger partial charge in [0.15, 0.2) is 0 Å². The molecule has 1 saturated carbocycles. The molecule has 1 fully saturated rings. The van der Waals surface area contributed by atoms with E-state index >= 15 is 0 Å². The first-order valence-corrected chi connectivity index (χ1v) is 8.24. The highest BCUT2D eigenvalue weighted by molar-refractivity contribution is 7.89. The number of carbonyl (C=O) groups is 1. The van der Waals surface area contributed by atoms with Crippen LogP contribution in [0.25, 0.3) is 0 Å². The van der Waals surface area contributed by atoms with Crippen LogP contribution in [0.2, 0.25) is 0 Å². The van der Waals surface area contributed by atoms with Crippen LogP contribution in [0.1, 0.15) is 30.1 Å². The lowest BCUT2D eigenvalue weighted by Crippen LogP contribution is -2.29. The molecule has 6 nitrogen and oxygen atoms in total. The van der Waals surface area contributed by atoms with Crippen molar-refractivity contribution in [2.75, 3.05) is 13.7 Å². The third-order valence-corrected chi connectivity index (χ3v) is 5.17. The summed E-state index contributed by atoms with van der Waals surface area (Å²) in [6.45, 7) is 2.35. The molecule has 1 aliphatic carbocycles. The zero-order chi connectivity index (χ0) is 15.6. The Morgan fingerprint density at radius 2 is 2.14 bits per heavy atom. The number of carboxylic acids is 1. The van der Waals surface area contributed by atoms with Gasteiger partial charge in [-0.15, -0.1) is 0 Å². The van der Waals surface area contributed by atoms with Crippen molar-refractivity contribution in [1.29, 1.82) is 0 Å². The van der Waals surface area contributed by atoms with E-state index in [1.54, 1.807) is 0 Å². The maximum atomic E-state index is 12.4. The molecule has 1 aromatic rings. The van der Waals surface area contributed by atoms with Crippen molar-refractivity contribution >= 4 is 16.0 Å². The Labute approximate surface area is 124 Å². The van der Waals surface area contributed by atoms with E-state index in [0.29, 0.717) is 12.5 Å². The van der Waals surface area contributed by atoms with Crippen molar-refractivity contribution in [2.24, 2.45) is 11.8 Å². The number of rotatable bonds is 7. The third-order valence-electron chi connectivity index (χ3n) is 3.72. The van der Waals surface area contributed by atoms with Crippen molar-refractivity contribution in [3.8, 4) is 5.75 Å². The second-order valence-electron chi connectivity index (χ2n) is 5.34. The monoisotopic (exact) mass is 313 g/mol. The van der Waals surface area contributed by atoms with E-state index in [9.17, 15) is 13.2 Å². The lowest BCUT2D eigenvalue weighted by Gasteiger charge is -2.14. The number of methoxy groups -OCH3 is 1. The summed E-state index contributed by atoms with van der Waals surface area (Å²) in [6, 6.07) is 3.78. The predicted molar refractivity (Wildman–Crippen MR) is 77.0 cm³/mol. The fourth-order valence-electron chi connectivity index (χ4n) is 2.17. The van der Waals surface area contributed by atoms with Gasteiger partial charge < -0.3 is 9.84 Å². The van der Waals surface area contributed by atoms with Crippen molar-refractivity contribution in [1.82, 2.24) is 4.72 Å². The number of ether oxygens (including phenoxy) is 1. The Morgan fingerprint density at radius 3 is 2.67 bits per heavy atom. The summed E-state index contributed by atoms with van der Waals surface area (Å²) in [5, 5.41) is 8.98. The molecule has 1 aromatic carbocycles. The molecule has 2 rings (SSSR count). The van der Waals surface area contributed by atoms with Crippen molar-refractivity contribution < 1.29 is 23.1 Å². The molecule has 0 aromatic heterocycles. The lowest BCUT2D eigenvalue weighted by molar-refractivity contribution is 0.0696. The molecule has 0 heterocycles. The van der Waals surface area contributed by atoms with Crippen molar-refractivity contribution in [3.63, 3.8) is 0 Å². The first-order valence-electron chi connectivity index (χ1n) is 6.76. The van der Waals surface area contributed by atoms with Crippen molar-refractivity contribution in [2.45, 2.75) is 24.7 Å². The van der Waals surface area contributed by atoms with Gasteiger partial charge in [-0.2, -0.15) is 0 Å². The number of hydrogen-bond donors (Lipinski definition) is 2. The number of sulfonamides is 1. The van der Waals surface area contributed by atoms with E-state index in [0.717, 1.165) is 18.9 Å². The maximum absolute atomic E-state index is 12.4. The first kappa shape index (κ1) is 15.8. The van der Waals surface area contributed by atoms with E-state index in [1.165, 1.54) is 19.2 Å². The summed E-state index contributed by atoms with van der Waals surface area (Å²) in [4.78, 5) is 10.8. The normalized spacial score (nSPS) is 16.5. The second-order valence-corrected chi connectivity index (χ2v) is 7.07. The fourth-order valence-corrected chi connectivity index (χ4v) is 3.51. The van der Waals surface area contributed by atoms with Crippen molar-refractivity contribution in [3.05, 3.63) is 23.8 Å². The number of nitrogens with one attached hydrogen (secondary N) is 1. The molecule has 0 saturated heterocycles. The van der Waals surface area contributed by atoms with E-state index < -0.39 is 16.0 Å². The highest BCUT2D eigenvalue weighted by atomic mass is 32.2. The molecule has 21 heavy (non-hydrogen) atoms. The molecule has 1 unspecified atom stereocenters. The van der Waals surface area contributed by atoms with Gasteiger partial charge >= 0.3 is 5.97 Å². The molecule has 0 amide bonds. The van der Waals surface area contributed by atoms with Crippen LogP contribution in [0.3, 0.4) is 0 Å². The zero-order valence-electron chi connectivity index (χ0n) is 12.0. The minimum atomic E-state index is -3.80. The van der Waals surface area contributed by atoms with Gasteiger partial charge in [0, 0.05) is 6.54 Å². The average molecular weight is 313 g/mol. The van der Waals surface area contributed by atoms with Gasteiger partial charge in [-0.1, -0.05) is 6.92 Å². The SMILES string of the molecule is COc1ccc(C(=O)O)cc1S(=O)(=O)NCC(C)C1CC1. The van der Waals surface area contributed by atoms with Crippen LogP contribution < -0.4 is 9.46 Å². The molecular weight excluding hydrogens is 294 g/mol. The first-order chi connectivity index (χ1) is 9.85. The Balaban J connectivity index is 2.24. The minimum Gasteiger partial charge on any atom is -0.495 e. The Hall–Kier alpha value is -1.60. The molecule has 0 aliphatic heterocycles. The van der Waals surface area contributed by atoms with E-state index in [-0.39, 0.29) is 22.1 Å². The molecule has 0 spiro atoms. The van der Waals surface area contributed by atoms with Crippen LogP contribution in [-0.4, -0.2) is 33.1 Å². The van der Waals surface area contributed by atoms with E-state index in [2.05, 4.69) is 4.72 Å². The van der Waals surface area contributed by atoms with Gasteiger partial charge in [-0.25, -0.2) is 17.9 Å². The largest absolute Gasteiger partial charge is 0.495 e. The summed E-state index contributed by atoms with van der Waals surface area (Å²) in [6.07, 6.45) is 2.28. The average Bonchev–Trinajstić information content (AvgIpc) is 3.28. The minimum absolute atomic E-state index is 0.0913. The van der Waals surface area contributed by atoms with Gasteiger partial charge in [0.05, 0.1) is 12.7 Å². The Bertz CT molecular complexity index is 637. The summed E-state index contributed by atoms with van der Waals surface area (Å²) < 4.78 is 32.3. The van der Waals surface area contributed by atoms with Gasteiger partial charge in [-0.3, -0.25) is 0 Å². The number of hydrogen-bond acceptors (Lipinski definition) is 4. The molecule has 116 valence electrons. The molecule has 0 bridgehead atoms. The Morgan fingerprint density at radius 1 is 1.48 bits per heavy atom. The number of aromatic carboxylic acids is 1. The lowest BCUT2D eigenvalue weighted by atomic mass is 10.1. The third kappa shape index (κ3) is 3.74. The standard InChI is InChI=1S/C14H19NO5S/c1-9(10-3-4-10)8-15-21(18,19)13-7-11(14(16)17)5-6-12(13)20-2/h5-7,9-10,15H,3-4,8H2,1-2H3,(H,16,17). The smallest absolute Gasteiger partial charge is 0.335 e. The summed E-state index contributed by atoms with van der Waals surface area (Å²) in [5.41, 5.74) is -0.0913. The highest BCUT2D eigenvalue weighted by Crippen LogP contribution is 2.36. The van der Waals surface area contributed by atoms with Crippen LogP contribution in [0.15, 0.2) is 23.1 Å². The van der Waals surface area contributed by atoms with Gasteiger partial charge in [-0.05, 0) is 42.9 Å². The highest BCUT2D eigenvalue weighted by Gasteiger charge is 2.29. The van der Waals surface area contributed by atoms with Gasteiger partial charge in [0.1, 0.15) is 10.6 Å². The van der Waals surface area contributed by atoms with Crippen LogP contribution in [0, 0.1) is 11.8 Å².